The fourth-order valence-corrected chi connectivity index (χ4v) is 3.79. The van der Waals surface area contributed by atoms with Crippen molar-refractivity contribution in [1.82, 2.24) is 0 Å². The first kappa shape index (κ1) is 19.7. The molecule has 10 heteroatoms. The number of allylic oxidation sites excluding steroid dienone is 1. The first-order chi connectivity index (χ1) is 12.4. The first-order valence-electron chi connectivity index (χ1n) is 6.91. The average molecular weight is 634 g/mol. The van der Waals surface area contributed by atoms with Gasteiger partial charge >= 0.3 is 141 Å². The Morgan fingerprint density at radius 2 is 1.07 bits per heavy atom. The van der Waals surface area contributed by atoms with Gasteiger partial charge in [0.25, 0.3) is 0 Å². The molecule has 2 aromatic carbocycles. The van der Waals surface area contributed by atoms with Crippen LogP contribution in [0.1, 0.15) is 5.56 Å². The van der Waals surface area contributed by atoms with Crippen LogP contribution < -0.4 is 6.07 Å². The van der Waals surface area contributed by atoms with Gasteiger partial charge in [0.15, 0.2) is 0 Å². The topological polar surface area (TPSA) is 0 Å². The third-order valence-corrected chi connectivity index (χ3v) is 6.06. The summed E-state index contributed by atoms with van der Waals surface area (Å²) in [4.78, 5) is 0. The predicted molar refractivity (Wildman–Crippen MR) is 78.9 cm³/mol. The Kier molecular flexibility index (Phi) is 5.10. The first-order valence-corrected chi connectivity index (χ1v) is 9.54. The van der Waals surface area contributed by atoms with Gasteiger partial charge in [0.2, 0.25) is 0 Å². The summed E-state index contributed by atoms with van der Waals surface area (Å²) in [7, 11) is 0. The van der Waals surface area contributed by atoms with Crippen LogP contribution in [0.3, 0.4) is 0 Å². The summed E-state index contributed by atoms with van der Waals surface area (Å²) in [5.74, 6) is -4.89. The van der Waals surface area contributed by atoms with Crippen molar-refractivity contribution >= 4 is 18.6 Å². The van der Waals surface area contributed by atoms with Crippen LogP contribution in [0.25, 0.3) is 17.0 Å². The van der Waals surface area contributed by atoms with Gasteiger partial charge < -0.3 is 0 Å². The molecule has 149 valence electrons. The third kappa shape index (κ3) is 4.74. The van der Waals surface area contributed by atoms with Gasteiger partial charge in [-0.2, -0.15) is 0 Å². The van der Waals surface area contributed by atoms with E-state index in [1.54, 1.807) is 0 Å². The molecule has 0 saturated heterocycles. The molecule has 0 aliphatic rings. The van der Waals surface area contributed by atoms with E-state index in [-0.39, 0.29) is 6.07 Å². The van der Waals surface area contributed by atoms with Gasteiger partial charge in [0.05, 0.1) is 0 Å². The molecule has 0 aliphatic carbocycles. The standard InChI is InChI=1S/C15H8F5.C2F4.Cf/c16-13(14(17)15(18,19)20)12-8-6-11(7-9-12)10-4-2-1-3-5-10;3-1-2(4,5)6;/h2-9H;;/b14-13+;;. The molecule has 27 heavy (non-hydrogen) atoms. The molecule has 0 radical (unpaired) electrons. The van der Waals surface area contributed by atoms with Crippen LogP contribution in [0.15, 0.2) is 54.4 Å². The summed E-state index contributed by atoms with van der Waals surface area (Å²) in [6.45, 7) is -2.00. The Balaban J connectivity index is 2.26. The van der Waals surface area contributed by atoms with E-state index in [2.05, 4.69) is 0 Å². The van der Waals surface area contributed by atoms with Gasteiger partial charge in [-0.1, -0.05) is 0 Å². The van der Waals surface area contributed by atoms with E-state index in [4.69, 9.17) is 0 Å². The van der Waals surface area contributed by atoms with Crippen molar-refractivity contribution in [3.8, 4) is 11.1 Å². The number of benzene rings is 2. The Hall–Kier alpha value is -3.58. The molecule has 0 unspecified atom stereocenters. The summed E-state index contributed by atoms with van der Waals surface area (Å²) in [6, 6.07) is 10.00. The van der Waals surface area contributed by atoms with Crippen molar-refractivity contribution in [1.29, 1.82) is 0 Å². The van der Waals surface area contributed by atoms with Gasteiger partial charge in [-0.05, 0) is 0 Å². The Morgan fingerprint density at radius 3 is 1.48 bits per heavy atom. The van der Waals surface area contributed by atoms with Crippen LogP contribution in [0, 0.1) is 0 Å². The minimum absolute atomic E-state index is 0.209. The Labute approximate surface area is 142 Å². The van der Waals surface area contributed by atoms with Crippen LogP contribution in [-0.2, 0) is 0 Å². The zero-order valence-corrected chi connectivity index (χ0v) is 15.5. The van der Waals surface area contributed by atoms with Gasteiger partial charge in [-0.25, -0.2) is 0 Å². The monoisotopic (exact) mass is 632 g/mol. The summed E-state index contributed by atoms with van der Waals surface area (Å²) in [6.07, 6.45) is -10.4. The van der Waals surface area contributed by atoms with E-state index < -0.39 is 36.2 Å². The molecule has 2 aromatic rings. The van der Waals surface area contributed by atoms with Crippen molar-refractivity contribution < 1.29 is 39.5 Å². The zero-order chi connectivity index (χ0) is 20.4. The van der Waals surface area contributed by atoms with E-state index in [9.17, 15) is 39.5 Å². The fourth-order valence-electron chi connectivity index (χ4n) is 1.87. The molecule has 0 amide bonds. The summed E-state index contributed by atoms with van der Waals surface area (Å²) < 4.78 is 110. The predicted octanol–water partition coefficient (Wildman–Crippen LogP) is 5.90. The number of halogens is 9. The molecule has 0 heterocycles. The molecule has 0 spiro atoms. The van der Waals surface area contributed by atoms with Crippen LogP contribution >= 0.6 is 0 Å². The van der Waals surface area contributed by atoms with Crippen LogP contribution in [0.2, 0.25) is 0 Å². The van der Waals surface area contributed by atoms with E-state index in [1.165, 1.54) is 36.4 Å². The number of rotatable bonds is 3. The van der Waals surface area contributed by atoms with Crippen molar-refractivity contribution in [2.24, 2.45) is 0 Å². The normalized spacial score (nSPS) is 13.9. The average Bonchev–Trinajstić information content (AvgIpc) is 2.59. The number of hydrogen-bond donors (Lipinski definition) is 0. The molecule has 0 nitrogen and oxygen atoms in total. The van der Waals surface area contributed by atoms with Gasteiger partial charge in [-0.3, -0.25) is 0 Å². The summed E-state index contributed by atoms with van der Waals surface area (Å²) in [5, 5.41) is 0. The summed E-state index contributed by atoms with van der Waals surface area (Å²) in [5.41, 5.74) is 0.266. The Bertz CT molecular complexity index is 857. The van der Waals surface area contributed by atoms with Crippen molar-refractivity contribution in [2.45, 2.75) is 12.4 Å². The van der Waals surface area contributed by atoms with Gasteiger partial charge in [0, 0.05) is 0 Å². The molecule has 0 fully saturated rings. The molecule has 0 saturated carbocycles. The summed E-state index contributed by atoms with van der Waals surface area (Å²) >= 11 is 0. The molecule has 0 N–H and O–H groups in total. The number of hydrogen-bond acceptors (Lipinski definition) is 0. The SMILES string of the molecule is F[C](=[Cf][c]1ccc(-c2ccc(/C(F)=C(\F)C(F)(F)F)cc2)cc1)C(F)(F)F. The molecule has 0 aromatic heterocycles. The molecular formula is C17H8CfF9. The van der Waals surface area contributed by atoms with Gasteiger partial charge in [-0.15, -0.1) is 0 Å². The van der Waals surface area contributed by atoms with E-state index >= 15 is 0 Å². The number of alkyl halides is 6. The second-order valence-electron chi connectivity index (χ2n) is 4.98. The maximum absolute atomic E-state index is 13.5. The quantitative estimate of drug-likeness (QED) is 0.370. The molecule has 2 rings (SSSR count). The minimum atomic E-state index is -5.44. The molecule has 0 aliphatic heterocycles. The second-order valence-corrected chi connectivity index (χ2v) is 8.32. The fraction of sp³-hybridized carbons (Fsp3) is 0.118. The molecule has 0 bridgehead atoms. The van der Waals surface area contributed by atoms with Crippen LogP contribution in [0.4, 0.5) is 39.5 Å². The molecule has 0 atom stereocenters. The van der Waals surface area contributed by atoms with Crippen LogP contribution in [-0.4, -0.2) is 19.0 Å². The van der Waals surface area contributed by atoms with Crippen molar-refractivity contribution in [3.05, 3.63) is 59.9 Å². The van der Waals surface area contributed by atoms with E-state index in [0.717, 1.165) is 12.1 Å². The van der Waals surface area contributed by atoms with E-state index in [1.807, 2.05) is 0 Å². The van der Waals surface area contributed by atoms with Gasteiger partial charge in [0.1, 0.15) is 0 Å². The van der Waals surface area contributed by atoms with Crippen molar-refractivity contribution in [3.63, 3.8) is 0 Å². The maximum atomic E-state index is 13.5. The Morgan fingerprint density at radius 1 is 0.630 bits per heavy atom. The second kappa shape index (κ2) is 6.97. The van der Waals surface area contributed by atoms with Crippen LogP contribution in [0.5, 0.6) is 0 Å². The third-order valence-electron chi connectivity index (χ3n) is 3.09. The molecular weight excluding hydrogens is 626 g/mol. The zero-order valence-electron chi connectivity index (χ0n) is 12.8. The van der Waals surface area contributed by atoms with E-state index in [0.29, 0.717) is 11.1 Å². The van der Waals surface area contributed by atoms with Crippen molar-refractivity contribution in [2.75, 3.05) is 0 Å².